The minimum absolute atomic E-state index is 0.128. The van der Waals surface area contributed by atoms with Crippen molar-refractivity contribution in [3.63, 3.8) is 0 Å². The van der Waals surface area contributed by atoms with Crippen molar-refractivity contribution >= 4 is 56.8 Å². The summed E-state index contributed by atoms with van der Waals surface area (Å²) >= 11 is 12.5. The van der Waals surface area contributed by atoms with Crippen molar-refractivity contribution in [1.29, 1.82) is 0 Å². The number of fused-ring (bicyclic) bond motifs is 4. The van der Waals surface area contributed by atoms with E-state index in [1.165, 1.54) is 14.2 Å². The molecule has 0 saturated heterocycles. The van der Waals surface area contributed by atoms with Gasteiger partial charge in [0.1, 0.15) is 0 Å². The maximum Gasteiger partial charge on any atom is 0.323 e. The van der Waals surface area contributed by atoms with Gasteiger partial charge >= 0.3 is 11.9 Å². The molecule has 0 N–H and O–H groups in total. The fourth-order valence-electron chi connectivity index (χ4n) is 5.92. The molecule has 1 heterocycles. The molecule has 5 aromatic rings. The number of nitrogens with zero attached hydrogens (tertiary/aromatic N) is 1. The quantitative estimate of drug-likeness (QED) is 0.131. The molecule has 0 unspecified atom stereocenters. The molecule has 0 amide bonds. The van der Waals surface area contributed by atoms with Crippen molar-refractivity contribution < 1.29 is 19.1 Å². The number of ether oxygens (including phenoxy) is 2. The molecule has 1 aliphatic carbocycles. The molecule has 0 aliphatic heterocycles. The van der Waals surface area contributed by atoms with Crippen LogP contribution in [0.5, 0.6) is 0 Å². The summed E-state index contributed by atoms with van der Waals surface area (Å²) < 4.78 is 10.4. The predicted octanol–water partition coefficient (Wildman–Crippen LogP) is 7.46. The smallest absolute Gasteiger partial charge is 0.323 e. The fourth-order valence-corrected chi connectivity index (χ4v) is 6.17. The van der Waals surface area contributed by atoms with E-state index < -0.39 is 17.4 Å². The predicted molar refractivity (Wildman–Crippen MR) is 154 cm³/mol. The van der Waals surface area contributed by atoms with E-state index in [4.69, 9.17) is 37.7 Å². The molecule has 4 aromatic carbocycles. The molecular formula is C32H23Cl2NO4. The number of carbonyl (C=O) groups is 2. The maximum absolute atomic E-state index is 13.3. The number of halogens is 2. The topological polar surface area (TPSA) is 65.5 Å². The molecule has 0 saturated carbocycles. The number of benzene rings is 4. The lowest BCUT2D eigenvalue weighted by molar-refractivity contribution is -0.168. The monoisotopic (exact) mass is 555 g/mol. The lowest BCUT2D eigenvalue weighted by Gasteiger charge is -2.22. The molecule has 0 radical (unpaired) electrons. The van der Waals surface area contributed by atoms with Gasteiger partial charge in [-0.3, -0.25) is 14.6 Å². The lowest BCUT2D eigenvalue weighted by Crippen LogP contribution is -2.42. The fraction of sp³-hybridized carbons (Fsp3) is 0.156. The Morgan fingerprint density at radius 1 is 0.718 bits per heavy atom. The summed E-state index contributed by atoms with van der Waals surface area (Å²) in [4.78, 5) is 31.4. The van der Waals surface area contributed by atoms with E-state index in [2.05, 4.69) is 0 Å². The molecule has 7 heteroatoms. The lowest BCUT2D eigenvalue weighted by atomic mass is 9.84. The Balaban J connectivity index is 1.82. The Labute approximate surface area is 235 Å². The Kier molecular flexibility index (Phi) is 6.29. The molecule has 0 fully saturated rings. The van der Waals surface area contributed by atoms with Gasteiger partial charge in [0.15, 0.2) is 5.41 Å². The SMILES string of the molecule is COC(=O)C1(C(=O)OC)Cc2c(c(-c3ccc(Cl)cc3)c3c(cnc4ccccc43)c2-c2ccc(Cl)cc2)C1. The van der Waals surface area contributed by atoms with Crippen LogP contribution < -0.4 is 0 Å². The number of methoxy groups -OCH3 is 2. The number of carbonyl (C=O) groups excluding carboxylic acids is 2. The van der Waals surface area contributed by atoms with E-state index >= 15 is 0 Å². The van der Waals surface area contributed by atoms with Gasteiger partial charge in [-0.15, -0.1) is 0 Å². The number of aromatic nitrogens is 1. The Morgan fingerprint density at radius 2 is 1.23 bits per heavy atom. The van der Waals surface area contributed by atoms with Gasteiger partial charge in [-0.25, -0.2) is 0 Å². The summed E-state index contributed by atoms with van der Waals surface area (Å²) in [5.74, 6) is -1.25. The zero-order valence-electron chi connectivity index (χ0n) is 21.3. The molecule has 6 rings (SSSR count). The minimum Gasteiger partial charge on any atom is -0.468 e. The first-order chi connectivity index (χ1) is 18.9. The van der Waals surface area contributed by atoms with Gasteiger partial charge < -0.3 is 9.47 Å². The number of pyridine rings is 1. The third kappa shape index (κ3) is 3.96. The van der Waals surface area contributed by atoms with Crippen LogP contribution in [0.25, 0.3) is 43.9 Å². The molecule has 194 valence electrons. The average molecular weight is 556 g/mol. The van der Waals surface area contributed by atoms with Crippen LogP contribution in [0, 0.1) is 5.41 Å². The van der Waals surface area contributed by atoms with Crippen LogP contribution in [0.15, 0.2) is 79.0 Å². The van der Waals surface area contributed by atoms with Crippen molar-refractivity contribution in [3.8, 4) is 22.3 Å². The van der Waals surface area contributed by atoms with Crippen LogP contribution >= 0.6 is 23.2 Å². The molecule has 1 aliphatic rings. The molecule has 1 aromatic heterocycles. The van der Waals surface area contributed by atoms with Crippen LogP contribution in [0.3, 0.4) is 0 Å². The van der Waals surface area contributed by atoms with E-state index in [1.54, 1.807) is 0 Å². The van der Waals surface area contributed by atoms with Crippen molar-refractivity contribution in [2.45, 2.75) is 12.8 Å². The number of hydrogen-bond acceptors (Lipinski definition) is 5. The second-order valence-electron chi connectivity index (χ2n) is 9.70. The van der Waals surface area contributed by atoms with Crippen LogP contribution in [-0.2, 0) is 31.9 Å². The Hall–Kier alpha value is -3.93. The Bertz CT molecular complexity index is 1760. The highest BCUT2D eigenvalue weighted by Crippen LogP contribution is 2.52. The highest BCUT2D eigenvalue weighted by atomic mass is 35.5. The number of rotatable bonds is 4. The molecule has 0 spiro atoms. The first-order valence-electron chi connectivity index (χ1n) is 12.4. The van der Waals surface area contributed by atoms with Gasteiger partial charge in [0.25, 0.3) is 0 Å². The van der Waals surface area contributed by atoms with Gasteiger partial charge in [-0.2, -0.15) is 0 Å². The van der Waals surface area contributed by atoms with Crippen LogP contribution in [-0.4, -0.2) is 31.1 Å². The zero-order chi connectivity index (χ0) is 27.3. The highest BCUT2D eigenvalue weighted by molar-refractivity contribution is 6.31. The third-order valence-electron chi connectivity index (χ3n) is 7.64. The summed E-state index contributed by atoms with van der Waals surface area (Å²) in [6, 6.07) is 23.1. The summed E-state index contributed by atoms with van der Waals surface area (Å²) in [5, 5.41) is 4.08. The van der Waals surface area contributed by atoms with Gasteiger partial charge in [-0.05, 0) is 63.7 Å². The summed E-state index contributed by atoms with van der Waals surface area (Å²) in [6.45, 7) is 0. The standard InChI is InChI=1S/C32H23Cl2NO4/c1-38-30(36)32(31(37)39-2)15-23-24(16-32)28(19-9-13-21(34)14-10-19)29-22-5-3-4-6-26(22)35-17-25(29)27(23)18-7-11-20(33)12-8-18/h3-14,17H,15-16H2,1-2H3. The average Bonchev–Trinajstić information content (AvgIpc) is 3.37. The second-order valence-corrected chi connectivity index (χ2v) is 10.6. The van der Waals surface area contributed by atoms with Gasteiger partial charge in [-0.1, -0.05) is 65.7 Å². The minimum atomic E-state index is -1.52. The van der Waals surface area contributed by atoms with E-state index in [0.29, 0.717) is 10.0 Å². The molecule has 0 atom stereocenters. The number of esters is 2. The van der Waals surface area contributed by atoms with E-state index in [-0.39, 0.29) is 12.8 Å². The molecular weight excluding hydrogens is 533 g/mol. The van der Waals surface area contributed by atoms with E-state index in [0.717, 1.165) is 55.1 Å². The molecule has 5 nitrogen and oxygen atoms in total. The maximum atomic E-state index is 13.3. The summed E-state index contributed by atoms with van der Waals surface area (Å²) in [7, 11) is 2.59. The van der Waals surface area contributed by atoms with E-state index in [9.17, 15) is 9.59 Å². The van der Waals surface area contributed by atoms with Crippen molar-refractivity contribution in [3.05, 3.63) is 100 Å². The van der Waals surface area contributed by atoms with Gasteiger partial charge in [0.2, 0.25) is 0 Å². The van der Waals surface area contributed by atoms with Crippen molar-refractivity contribution in [2.75, 3.05) is 14.2 Å². The highest BCUT2D eigenvalue weighted by Gasteiger charge is 2.54. The van der Waals surface area contributed by atoms with Crippen LogP contribution in [0.1, 0.15) is 11.1 Å². The van der Waals surface area contributed by atoms with Crippen LogP contribution in [0.2, 0.25) is 10.0 Å². The second kappa shape index (κ2) is 9.67. The molecule has 39 heavy (non-hydrogen) atoms. The Morgan fingerprint density at radius 3 is 1.79 bits per heavy atom. The first-order valence-corrected chi connectivity index (χ1v) is 13.2. The first kappa shape index (κ1) is 25.4. The number of para-hydroxylation sites is 1. The van der Waals surface area contributed by atoms with Gasteiger partial charge in [0, 0.05) is 45.2 Å². The zero-order valence-corrected chi connectivity index (χ0v) is 22.8. The normalized spacial score (nSPS) is 13.8. The van der Waals surface area contributed by atoms with Crippen molar-refractivity contribution in [1.82, 2.24) is 4.98 Å². The van der Waals surface area contributed by atoms with Crippen molar-refractivity contribution in [2.24, 2.45) is 5.41 Å². The third-order valence-corrected chi connectivity index (χ3v) is 8.14. The summed E-state index contributed by atoms with van der Waals surface area (Å²) in [6.07, 6.45) is 2.13. The summed E-state index contributed by atoms with van der Waals surface area (Å²) in [5.41, 5.74) is 4.76. The van der Waals surface area contributed by atoms with E-state index in [1.807, 2.05) is 79.0 Å². The largest absolute Gasteiger partial charge is 0.468 e. The number of hydrogen-bond donors (Lipinski definition) is 0. The van der Waals surface area contributed by atoms with Crippen LogP contribution in [0.4, 0.5) is 0 Å². The molecule has 0 bridgehead atoms. The van der Waals surface area contributed by atoms with Gasteiger partial charge in [0.05, 0.1) is 19.7 Å².